The molecule has 0 fully saturated rings. The van der Waals surface area contributed by atoms with Crippen LogP contribution in [-0.2, 0) is 22.6 Å². The quantitative estimate of drug-likeness (QED) is 0.807. The summed E-state index contributed by atoms with van der Waals surface area (Å²) in [5.74, 6) is -0.308. The van der Waals surface area contributed by atoms with Crippen molar-refractivity contribution in [2.75, 3.05) is 18.5 Å². The SMILES string of the molecule is CN(C(=O)C(C)(C)C(=O)N1CCc2ccccc2C1)c1ccccc1. The van der Waals surface area contributed by atoms with Crippen molar-refractivity contribution in [1.82, 2.24) is 4.90 Å². The summed E-state index contributed by atoms with van der Waals surface area (Å²) in [5.41, 5.74) is 2.15. The second kappa shape index (κ2) is 6.71. The van der Waals surface area contributed by atoms with Crippen molar-refractivity contribution in [3.05, 3.63) is 65.7 Å². The lowest BCUT2D eigenvalue weighted by Crippen LogP contribution is -2.51. The van der Waals surface area contributed by atoms with Crippen LogP contribution in [0.15, 0.2) is 54.6 Å². The van der Waals surface area contributed by atoms with Crippen LogP contribution in [0.2, 0.25) is 0 Å². The molecule has 3 rings (SSSR count). The van der Waals surface area contributed by atoms with Gasteiger partial charge in [-0.25, -0.2) is 0 Å². The van der Waals surface area contributed by atoms with Crippen LogP contribution in [0.1, 0.15) is 25.0 Å². The van der Waals surface area contributed by atoms with E-state index in [2.05, 4.69) is 12.1 Å². The summed E-state index contributed by atoms with van der Waals surface area (Å²) in [5, 5.41) is 0. The molecule has 1 aliphatic rings. The Kier molecular flexibility index (Phi) is 4.62. The molecule has 1 aliphatic heterocycles. The van der Waals surface area contributed by atoms with Crippen LogP contribution in [0.25, 0.3) is 0 Å². The zero-order valence-corrected chi connectivity index (χ0v) is 15.0. The average molecular weight is 336 g/mol. The summed E-state index contributed by atoms with van der Waals surface area (Å²) >= 11 is 0. The lowest BCUT2D eigenvalue weighted by atomic mass is 9.88. The molecule has 0 N–H and O–H groups in total. The predicted octanol–water partition coefficient (Wildman–Crippen LogP) is 3.26. The Hall–Kier alpha value is -2.62. The fourth-order valence-electron chi connectivity index (χ4n) is 3.34. The van der Waals surface area contributed by atoms with Gasteiger partial charge in [0.1, 0.15) is 5.41 Å². The molecule has 4 heteroatoms. The van der Waals surface area contributed by atoms with Gasteiger partial charge in [0.15, 0.2) is 0 Å². The van der Waals surface area contributed by atoms with Gasteiger partial charge in [-0.3, -0.25) is 9.59 Å². The number of para-hydroxylation sites is 1. The standard InChI is InChI=1S/C21H24N2O2/c1-21(2,19(24)22(3)18-11-5-4-6-12-18)20(25)23-14-13-16-9-7-8-10-17(16)15-23/h4-12H,13-15H2,1-3H3. The molecule has 0 radical (unpaired) electrons. The highest BCUT2D eigenvalue weighted by Crippen LogP contribution is 2.28. The van der Waals surface area contributed by atoms with E-state index in [0.717, 1.165) is 12.1 Å². The molecule has 0 saturated carbocycles. The van der Waals surface area contributed by atoms with Crippen LogP contribution in [0.3, 0.4) is 0 Å². The molecule has 0 atom stereocenters. The number of anilines is 1. The molecule has 2 aromatic rings. The van der Waals surface area contributed by atoms with Crippen LogP contribution < -0.4 is 4.90 Å². The minimum atomic E-state index is -1.10. The minimum Gasteiger partial charge on any atom is -0.337 e. The van der Waals surface area contributed by atoms with E-state index < -0.39 is 5.41 Å². The zero-order chi connectivity index (χ0) is 18.0. The van der Waals surface area contributed by atoms with Gasteiger partial charge < -0.3 is 9.80 Å². The van der Waals surface area contributed by atoms with Gasteiger partial charge in [-0.15, -0.1) is 0 Å². The third-order valence-electron chi connectivity index (χ3n) is 4.94. The Morgan fingerprint density at radius 1 is 0.960 bits per heavy atom. The van der Waals surface area contributed by atoms with E-state index in [-0.39, 0.29) is 11.8 Å². The number of carbonyl (C=O) groups is 2. The normalized spacial score (nSPS) is 14.0. The van der Waals surface area contributed by atoms with Gasteiger partial charge in [-0.2, -0.15) is 0 Å². The van der Waals surface area contributed by atoms with E-state index in [1.807, 2.05) is 42.5 Å². The molecule has 0 saturated heterocycles. The largest absolute Gasteiger partial charge is 0.337 e. The Labute approximate surface area is 149 Å². The first-order valence-corrected chi connectivity index (χ1v) is 8.60. The molecule has 4 nitrogen and oxygen atoms in total. The molecule has 2 aromatic carbocycles. The molecule has 0 bridgehead atoms. The lowest BCUT2D eigenvalue weighted by Gasteiger charge is -2.36. The Morgan fingerprint density at radius 3 is 2.24 bits per heavy atom. The number of hydrogen-bond acceptors (Lipinski definition) is 2. The highest BCUT2D eigenvalue weighted by atomic mass is 16.2. The monoisotopic (exact) mass is 336 g/mol. The van der Waals surface area contributed by atoms with Crippen molar-refractivity contribution in [2.45, 2.75) is 26.8 Å². The second-order valence-electron chi connectivity index (χ2n) is 7.07. The van der Waals surface area contributed by atoms with E-state index in [1.54, 1.807) is 30.7 Å². The number of fused-ring (bicyclic) bond motifs is 1. The van der Waals surface area contributed by atoms with Crippen molar-refractivity contribution < 1.29 is 9.59 Å². The highest BCUT2D eigenvalue weighted by molar-refractivity contribution is 6.10. The maximum atomic E-state index is 13.1. The number of carbonyl (C=O) groups excluding carboxylic acids is 2. The van der Waals surface area contributed by atoms with E-state index in [0.29, 0.717) is 13.1 Å². The number of benzene rings is 2. The zero-order valence-electron chi connectivity index (χ0n) is 15.0. The summed E-state index contributed by atoms with van der Waals surface area (Å²) in [4.78, 5) is 29.4. The van der Waals surface area contributed by atoms with Gasteiger partial charge in [0, 0.05) is 25.8 Å². The molecule has 1 heterocycles. The van der Waals surface area contributed by atoms with Crippen LogP contribution in [-0.4, -0.2) is 30.3 Å². The fraction of sp³-hybridized carbons (Fsp3) is 0.333. The molecule has 2 amide bonds. The summed E-state index contributed by atoms with van der Waals surface area (Å²) in [7, 11) is 1.72. The molecular formula is C21H24N2O2. The first-order valence-electron chi connectivity index (χ1n) is 8.60. The van der Waals surface area contributed by atoms with Crippen LogP contribution in [0, 0.1) is 5.41 Å². The maximum Gasteiger partial charge on any atom is 0.241 e. The van der Waals surface area contributed by atoms with Crippen molar-refractivity contribution in [2.24, 2.45) is 5.41 Å². The molecule has 0 aliphatic carbocycles. The third-order valence-corrected chi connectivity index (χ3v) is 4.94. The molecule has 0 unspecified atom stereocenters. The molecule has 130 valence electrons. The predicted molar refractivity (Wildman–Crippen MR) is 99.2 cm³/mol. The van der Waals surface area contributed by atoms with E-state index in [4.69, 9.17) is 0 Å². The van der Waals surface area contributed by atoms with Gasteiger partial charge >= 0.3 is 0 Å². The van der Waals surface area contributed by atoms with Crippen LogP contribution >= 0.6 is 0 Å². The summed E-state index contributed by atoms with van der Waals surface area (Å²) in [6.07, 6.45) is 0.834. The van der Waals surface area contributed by atoms with E-state index in [9.17, 15) is 9.59 Å². The van der Waals surface area contributed by atoms with Gasteiger partial charge in [0.2, 0.25) is 11.8 Å². The topological polar surface area (TPSA) is 40.6 Å². The van der Waals surface area contributed by atoms with Crippen molar-refractivity contribution >= 4 is 17.5 Å². The average Bonchev–Trinajstić information content (AvgIpc) is 2.66. The van der Waals surface area contributed by atoms with Crippen molar-refractivity contribution in [3.63, 3.8) is 0 Å². The summed E-state index contributed by atoms with van der Waals surface area (Å²) in [6, 6.07) is 17.6. The highest BCUT2D eigenvalue weighted by Gasteiger charge is 2.41. The minimum absolute atomic E-state index is 0.116. The molecule has 0 aromatic heterocycles. The van der Waals surface area contributed by atoms with Crippen molar-refractivity contribution in [3.8, 4) is 0 Å². The molecule has 25 heavy (non-hydrogen) atoms. The van der Waals surface area contributed by atoms with E-state index in [1.165, 1.54) is 11.1 Å². The van der Waals surface area contributed by atoms with Gasteiger partial charge in [0.25, 0.3) is 0 Å². The van der Waals surface area contributed by atoms with E-state index >= 15 is 0 Å². The maximum absolute atomic E-state index is 13.1. The lowest BCUT2D eigenvalue weighted by molar-refractivity contribution is -0.148. The number of rotatable bonds is 3. The van der Waals surface area contributed by atoms with Crippen molar-refractivity contribution in [1.29, 1.82) is 0 Å². The van der Waals surface area contributed by atoms with Gasteiger partial charge in [0.05, 0.1) is 0 Å². The molecule has 0 spiro atoms. The van der Waals surface area contributed by atoms with Gasteiger partial charge in [-0.05, 0) is 43.5 Å². The second-order valence-corrected chi connectivity index (χ2v) is 7.07. The first-order chi connectivity index (χ1) is 11.9. The van der Waals surface area contributed by atoms with Crippen LogP contribution in [0.5, 0.6) is 0 Å². The number of amides is 2. The summed E-state index contributed by atoms with van der Waals surface area (Å²) in [6.45, 7) is 4.66. The molecular weight excluding hydrogens is 312 g/mol. The third kappa shape index (κ3) is 3.29. The van der Waals surface area contributed by atoms with Crippen LogP contribution in [0.4, 0.5) is 5.69 Å². The van der Waals surface area contributed by atoms with Gasteiger partial charge in [-0.1, -0.05) is 42.5 Å². The Morgan fingerprint density at radius 2 is 1.56 bits per heavy atom. The fourth-order valence-corrected chi connectivity index (χ4v) is 3.34. The number of hydrogen-bond donors (Lipinski definition) is 0. The Balaban J connectivity index is 1.78. The summed E-state index contributed by atoms with van der Waals surface area (Å²) < 4.78 is 0. The Bertz CT molecular complexity index is 783. The smallest absolute Gasteiger partial charge is 0.241 e. The first kappa shape index (κ1) is 17.2. The number of nitrogens with zero attached hydrogens (tertiary/aromatic N) is 2.